The van der Waals surface area contributed by atoms with Gasteiger partial charge in [-0.05, 0) is 37.1 Å². The van der Waals surface area contributed by atoms with E-state index in [1.54, 1.807) is 12.1 Å². The first-order chi connectivity index (χ1) is 8.36. The van der Waals surface area contributed by atoms with Crippen molar-refractivity contribution in [2.45, 2.75) is 18.2 Å². The van der Waals surface area contributed by atoms with E-state index in [1.807, 2.05) is 24.6 Å². The molecule has 1 heterocycles. The average Bonchev–Trinajstić information content (AvgIpc) is 2.53. The van der Waals surface area contributed by atoms with E-state index in [2.05, 4.69) is 0 Å². The van der Waals surface area contributed by atoms with Crippen molar-refractivity contribution in [3.63, 3.8) is 0 Å². The molecular formula is C13H17NO3S. The van der Waals surface area contributed by atoms with E-state index in [4.69, 9.17) is 5.11 Å². The second-order valence-electron chi connectivity index (χ2n) is 4.55. The molecule has 0 amide bonds. The summed E-state index contributed by atoms with van der Waals surface area (Å²) in [6.45, 7) is 2.04. The zero-order chi connectivity index (χ0) is 13.5. The third-order valence-corrected chi connectivity index (χ3v) is 4.49. The van der Waals surface area contributed by atoms with Gasteiger partial charge in [-0.3, -0.25) is 0 Å². The van der Waals surface area contributed by atoms with Crippen molar-refractivity contribution < 1.29 is 13.5 Å². The highest BCUT2D eigenvalue weighted by Crippen LogP contribution is 2.27. The van der Waals surface area contributed by atoms with Gasteiger partial charge >= 0.3 is 0 Å². The minimum atomic E-state index is -3.20. The number of sulfone groups is 1. The van der Waals surface area contributed by atoms with Crippen LogP contribution in [0.3, 0.4) is 0 Å². The minimum Gasteiger partial charge on any atom is -0.396 e. The van der Waals surface area contributed by atoms with E-state index >= 15 is 0 Å². The van der Waals surface area contributed by atoms with Crippen LogP contribution in [-0.2, 0) is 23.3 Å². The molecule has 1 aromatic heterocycles. The van der Waals surface area contributed by atoms with Gasteiger partial charge in [-0.1, -0.05) is 0 Å². The Morgan fingerprint density at radius 3 is 2.56 bits per heavy atom. The normalized spacial score (nSPS) is 12.2. The number of aromatic nitrogens is 1. The van der Waals surface area contributed by atoms with Gasteiger partial charge in [0.05, 0.1) is 4.90 Å². The quantitative estimate of drug-likeness (QED) is 0.915. The third-order valence-electron chi connectivity index (χ3n) is 3.38. The maximum Gasteiger partial charge on any atom is 0.175 e. The van der Waals surface area contributed by atoms with Crippen LogP contribution in [0.5, 0.6) is 0 Å². The zero-order valence-corrected chi connectivity index (χ0v) is 11.6. The zero-order valence-electron chi connectivity index (χ0n) is 10.8. The Bertz CT molecular complexity index is 699. The second kappa shape index (κ2) is 4.40. The summed E-state index contributed by atoms with van der Waals surface area (Å²) in [6, 6.07) is 5.14. The summed E-state index contributed by atoms with van der Waals surface area (Å²) in [5.41, 5.74) is 3.06. The molecule has 2 aromatic rings. The molecule has 98 valence electrons. The summed E-state index contributed by atoms with van der Waals surface area (Å²) < 4.78 is 25.2. The van der Waals surface area contributed by atoms with Crippen LogP contribution in [0.15, 0.2) is 23.1 Å². The molecule has 0 saturated carbocycles. The molecule has 0 aliphatic heterocycles. The van der Waals surface area contributed by atoms with Crippen LogP contribution in [0.4, 0.5) is 0 Å². The number of hydrogen-bond acceptors (Lipinski definition) is 3. The van der Waals surface area contributed by atoms with E-state index in [1.165, 1.54) is 6.26 Å². The molecule has 0 spiro atoms. The topological polar surface area (TPSA) is 59.3 Å². The van der Waals surface area contributed by atoms with E-state index < -0.39 is 9.84 Å². The fraction of sp³-hybridized carbons (Fsp3) is 0.385. The van der Waals surface area contributed by atoms with Crippen LogP contribution in [-0.4, -0.2) is 31.0 Å². The highest BCUT2D eigenvalue weighted by molar-refractivity contribution is 7.90. The van der Waals surface area contributed by atoms with Crippen LogP contribution in [0.2, 0.25) is 0 Å². The molecule has 0 fully saturated rings. The van der Waals surface area contributed by atoms with Crippen molar-refractivity contribution in [3.05, 3.63) is 29.5 Å². The number of benzene rings is 1. The number of aryl methyl sites for hydroxylation is 1. The highest BCUT2D eigenvalue weighted by Gasteiger charge is 2.14. The van der Waals surface area contributed by atoms with Crippen molar-refractivity contribution in [1.82, 2.24) is 4.57 Å². The molecule has 2 rings (SSSR count). The van der Waals surface area contributed by atoms with Gasteiger partial charge in [0.2, 0.25) is 0 Å². The van der Waals surface area contributed by atoms with Crippen LogP contribution in [0, 0.1) is 6.92 Å². The third kappa shape index (κ3) is 2.04. The van der Waals surface area contributed by atoms with Crippen LogP contribution in [0.1, 0.15) is 11.3 Å². The lowest BCUT2D eigenvalue weighted by Gasteiger charge is -2.01. The predicted molar refractivity (Wildman–Crippen MR) is 71.6 cm³/mol. The summed E-state index contributed by atoms with van der Waals surface area (Å²) in [6.07, 6.45) is 1.74. The van der Waals surface area contributed by atoms with Crippen LogP contribution >= 0.6 is 0 Å². The lowest BCUT2D eigenvalue weighted by atomic mass is 10.1. The molecule has 0 aliphatic carbocycles. The average molecular weight is 267 g/mol. The number of nitrogens with zero attached hydrogens (tertiary/aromatic N) is 1. The van der Waals surface area contributed by atoms with Crippen LogP contribution < -0.4 is 0 Å². The molecule has 0 aliphatic rings. The Labute approximate surface area is 107 Å². The monoisotopic (exact) mass is 267 g/mol. The first-order valence-electron chi connectivity index (χ1n) is 5.75. The molecule has 0 saturated heterocycles. The fourth-order valence-corrected chi connectivity index (χ4v) is 2.93. The molecule has 0 bridgehead atoms. The van der Waals surface area contributed by atoms with Gasteiger partial charge in [0.25, 0.3) is 0 Å². The smallest absolute Gasteiger partial charge is 0.175 e. The molecular weight excluding hydrogens is 250 g/mol. The Hall–Kier alpha value is -1.33. The van der Waals surface area contributed by atoms with E-state index in [9.17, 15) is 8.42 Å². The van der Waals surface area contributed by atoms with Gasteiger partial charge in [-0.2, -0.15) is 0 Å². The molecule has 4 nitrogen and oxygen atoms in total. The molecule has 1 aromatic carbocycles. The first kappa shape index (κ1) is 13.1. The van der Waals surface area contributed by atoms with Gasteiger partial charge in [-0.15, -0.1) is 0 Å². The van der Waals surface area contributed by atoms with Crippen molar-refractivity contribution in [2.75, 3.05) is 12.9 Å². The largest absolute Gasteiger partial charge is 0.396 e. The van der Waals surface area contributed by atoms with Crippen molar-refractivity contribution in [1.29, 1.82) is 0 Å². The SMILES string of the molecule is Cc1c(CCO)c2cc(S(C)(=O)=O)ccc2n1C. The maximum absolute atomic E-state index is 11.6. The van der Waals surface area contributed by atoms with Crippen LogP contribution in [0.25, 0.3) is 10.9 Å². The van der Waals surface area contributed by atoms with Gasteiger partial charge in [-0.25, -0.2) is 8.42 Å². The number of aliphatic hydroxyl groups is 1. The number of aliphatic hydroxyl groups excluding tert-OH is 1. The Morgan fingerprint density at radius 1 is 1.33 bits per heavy atom. The molecule has 0 radical (unpaired) electrons. The lowest BCUT2D eigenvalue weighted by molar-refractivity contribution is 0.299. The van der Waals surface area contributed by atoms with Gasteiger partial charge < -0.3 is 9.67 Å². The lowest BCUT2D eigenvalue weighted by Crippen LogP contribution is -1.97. The standard InChI is InChI=1S/C13H17NO3S/c1-9-11(6-7-15)12-8-10(18(3,16)17)4-5-13(12)14(9)2/h4-5,8,15H,6-7H2,1-3H3. The second-order valence-corrected chi connectivity index (χ2v) is 6.56. The summed E-state index contributed by atoms with van der Waals surface area (Å²) in [5.74, 6) is 0. The maximum atomic E-state index is 11.6. The van der Waals surface area contributed by atoms with Gasteiger partial charge in [0.1, 0.15) is 0 Å². The molecule has 18 heavy (non-hydrogen) atoms. The van der Waals surface area contributed by atoms with E-state index in [0.29, 0.717) is 11.3 Å². The predicted octanol–water partition coefficient (Wildman–Crippen LogP) is 1.43. The molecule has 1 N–H and O–H groups in total. The fourth-order valence-electron chi connectivity index (χ4n) is 2.29. The van der Waals surface area contributed by atoms with Crippen molar-refractivity contribution in [2.24, 2.45) is 7.05 Å². The number of fused-ring (bicyclic) bond motifs is 1. The van der Waals surface area contributed by atoms with Crippen molar-refractivity contribution in [3.8, 4) is 0 Å². The Kier molecular flexibility index (Phi) is 3.21. The van der Waals surface area contributed by atoms with Gasteiger partial charge in [0, 0.05) is 36.5 Å². The Morgan fingerprint density at radius 2 is 2.00 bits per heavy atom. The molecule has 0 atom stereocenters. The van der Waals surface area contributed by atoms with E-state index in [-0.39, 0.29) is 6.61 Å². The molecule has 0 unspecified atom stereocenters. The number of hydrogen-bond donors (Lipinski definition) is 1. The first-order valence-corrected chi connectivity index (χ1v) is 7.64. The molecule has 5 heteroatoms. The van der Waals surface area contributed by atoms with E-state index in [0.717, 1.165) is 22.2 Å². The summed E-state index contributed by atoms with van der Waals surface area (Å²) >= 11 is 0. The highest BCUT2D eigenvalue weighted by atomic mass is 32.2. The summed E-state index contributed by atoms with van der Waals surface area (Å²) in [7, 11) is -1.26. The van der Waals surface area contributed by atoms with Gasteiger partial charge in [0.15, 0.2) is 9.84 Å². The number of rotatable bonds is 3. The van der Waals surface area contributed by atoms with Crippen molar-refractivity contribution >= 4 is 20.7 Å². The Balaban J connectivity index is 2.79. The minimum absolute atomic E-state index is 0.0586. The summed E-state index contributed by atoms with van der Waals surface area (Å²) in [5, 5.41) is 10.0. The summed E-state index contributed by atoms with van der Waals surface area (Å²) in [4.78, 5) is 0.319.